The van der Waals surface area contributed by atoms with Gasteiger partial charge in [-0.3, -0.25) is 0 Å². The first kappa shape index (κ1) is 14.5. The van der Waals surface area contributed by atoms with E-state index in [1.807, 2.05) is 52.1 Å². The van der Waals surface area contributed by atoms with Crippen LogP contribution in [-0.4, -0.2) is 24.6 Å². The third kappa shape index (κ3) is 2.53. The summed E-state index contributed by atoms with van der Waals surface area (Å²) in [6.45, 7) is 8.09. The molecule has 2 rings (SSSR count). The van der Waals surface area contributed by atoms with E-state index < -0.39 is 7.12 Å². The molecule has 3 nitrogen and oxygen atoms in total. The van der Waals surface area contributed by atoms with Gasteiger partial charge in [0, 0.05) is 4.90 Å². The maximum Gasteiger partial charge on any atom is 0.494 e. The Kier molecular flexibility index (Phi) is 3.70. The lowest BCUT2D eigenvalue weighted by Crippen LogP contribution is -2.41. The largest absolute Gasteiger partial charge is 0.494 e. The third-order valence-electron chi connectivity index (χ3n) is 3.87. The van der Waals surface area contributed by atoms with Crippen molar-refractivity contribution in [1.29, 1.82) is 5.26 Å². The number of thioether (sulfide) groups is 1. The molecule has 1 saturated heterocycles. The van der Waals surface area contributed by atoms with Crippen molar-refractivity contribution in [3.8, 4) is 6.07 Å². The lowest BCUT2D eigenvalue weighted by atomic mass is 9.78. The maximum absolute atomic E-state index is 9.18. The fourth-order valence-electron chi connectivity index (χ4n) is 1.94. The monoisotopic (exact) mass is 275 g/mol. The Hall–Kier alpha value is -0.955. The molecular formula is C14H18BNO2S. The zero-order chi connectivity index (χ0) is 14.3. The Labute approximate surface area is 119 Å². The molecule has 1 heterocycles. The molecule has 0 radical (unpaired) electrons. The predicted octanol–water partition coefficient (Wildman–Crippen LogP) is 2.58. The Balaban J connectivity index is 2.33. The molecule has 0 unspecified atom stereocenters. The zero-order valence-electron chi connectivity index (χ0n) is 12.0. The molecule has 0 saturated carbocycles. The first-order chi connectivity index (χ1) is 8.80. The van der Waals surface area contributed by atoms with E-state index in [1.54, 1.807) is 11.8 Å². The van der Waals surface area contributed by atoms with E-state index in [0.717, 1.165) is 10.4 Å². The molecule has 1 aromatic rings. The maximum atomic E-state index is 9.18. The number of hydrogen-bond acceptors (Lipinski definition) is 4. The molecule has 0 N–H and O–H groups in total. The first-order valence-electron chi connectivity index (χ1n) is 6.24. The summed E-state index contributed by atoms with van der Waals surface area (Å²) in [6.07, 6.45) is 1.96. The van der Waals surface area contributed by atoms with Crippen molar-refractivity contribution in [2.45, 2.75) is 43.8 Å². The van der Waals surface area contributed by atoms with E-state index in [1.165, 1.54) is 0 Å². The summed E-state index contributed by atoms with van der Waals surface area (Å²) in [5, 5.41) is 9.18. The molecule has 0 amide bonds. The molecule has 19 heavy (non-hydrogen) atoms. The molecule has 5 heteroatoms. The van der Waals surface area contributed by atoms with Crippen LogP contribution in [0.3, 0.4) is 0 Å². The second-order valence-corrected chi connectivity index (χ2v) is 6.51. The highest BCUT2D eigenvalue weighted by atomic mass is 32.2. The van der Waals surface area contributed by atoms with Crippen molar-refractivity contribution < 1.29 is 9.31 Å². The third-order valence-corrected chi connectivity index (χ3v) is 4.67. The van der Waals surface area contributed by atoms with Crippen molar-refractivity contribution in [2.24, 2.45) is 0 Å². The highest BCUT2D eigenvalue weighted by Crippen LogP contribution is 2.36. The smallest absolute Gasteiger partial charge is 0.399 e. The summed E-state index contributed by atoms with van der Waals surface area (Å²) in [5.41, 5.74) is 0.846. The fraction of sp³-hybridized carbons (Fsp3) is 0.500. The topological polar surface area (TPSA) is 42.2 Å². The summed E-state index contributed by atoms with van der Waals surface area (Å²) in [5.74, 6) is 0. The summed E-state index contributed by atoms with van der Waals surface area (Å²) in [7, 11) is -0.409. The van der Waals surface area contributed by atoms with Crippen LogP contribution in [0.4, 0.5) is 0 Å². The van der Waals surface area contributed by atoms with Gasteiger partial charge in [0.25, 0.3) is 0 Å². The Morgan fingerprint density at radius 2 is 1.74 bits per heavy atom. The average molecular weight is 275 g/mol. The van der Waals surface area contributed by atoms with Crippen LogP contribution in [0.15, 0.2) is 23.1 Å². The van der Waals surface area contributed by atoms with Gasteiger partial charge in [-0.05, 0) is 51.5 Å². The molecule has 1 aromatic carbocycles. The van der Waals surface area contributed by atoms with Gasteiger partial charge in [0.15, 0.2) is 0 Å². The fourth-order valence-corrected chi connectivity index (χ4v) is 2.47. The molecular weight excluding hydrogens is 257 g/mol. The second-order valence-electron chi connectivity index (χ2n) is 5.66. The minimum atomic E-state index is -0.409. The van der Waals surface area contributed by atoms with E-state index in [2.05, 4.69) is 6.07 Å². The SMILES string of the molecule is CSc1ccc(B2OC(C)(C)C(C)(C)O2)cc1C#N. The first-order valence-corrected chi connectivity index (χ1v) is 7.47. The van der Waals surface area contributed by atoms with Gasteiger partial charge in [0.1, 0.15) is 6.07 Å². The summed E-state index contributed by atoms with van der Waals surface area (Å²) < 4.78 is 12.0. The van der Waals surface area contributed by atoms with Crippen LogP contribution in [0.5, 0.6) is 0 Å². The molecule has 0 aromatic heterocycles. The van der Waals surface area contributed by atoms with Gasteiger partial charge in [0.05, 0.1) is 16.8 Å². The molecule has 1 aliphatic heterocycles. The van der Waals surface area contributed by atoms with Crippen LogP contribution in [0.1, 0.15) is 33.3 Å². The number of rotatable bonds is 2. The summed E-state index contributed by atoms with van der Waals surface area (Å²) >= 11 is 1.57. The molecule has 100 valence electrons. The minimum Gasteiger partial charge on any atom is -0.399 e. The van der Waals surface area contributed by atoms with Crippen molar-refractivity contribution in [2.75, 3.05) is 6.26 Å². The van der Waals surface area contributed by atoms with Gasteiger partial charge in [-0.25, -0.2) is 0 Å². The van der Waals surface area contributed by atoms with Crippen LogP contribution >= 0.6 is 11.8 Å². The number of nitrogens with zero attached hydrogens (tertiary/aromatic N) is 1. The van der Waals surface area contributed by atoms with E-state index >= 15 is 0 Å². The molecule has 0 aliphatic carbocycles. The Bertz CT molecular complexity index is 521. The van der Waals surface area contributed by atoms with Gasteiger partial charge in [-0.15, -0.1) is 11.8 Å². The number of benzene rings is 1. The van der Waals surface area contributed by atoms with Crippen LogP contribution in [0.2, 0.25) is 0 Å². The van der Waals surface area contributed by atoms with E-state index in [-0.39, 0.29) is 11.2 Å². The Morgan fingerprint density at radius 1 is 1.16 bits per heavy atom. The van der Waals surface area contributed by atoms with Crippen LogP contribution in [0, 0.1) is 11.3 Å². The Morgan fingerprint density at radius 3 is 2.21 bits per heavy atom. The van der Waals surface area contributed by atoms with Crippen LogP contribution < -0.4 is 5.46 Å². The molecule has 0 atom stereocenters. The lowest BCUT2D eigenvalue weighted by Gasteiger charge is -2.32. The van der Waals surface area contributed by atoms with Crippen molar-refractivity contribution in [3.63, 3.8) is 0 Å². The molecule has 0 bridgehead atoms. The number of nitriles is 1. The van der Waals surface area contributed by atoms with Crippen molar-refractivity contribution >= 4 is 24.3 Å². The van der Waals surface area contributed by atoms with Crippen LogP contribution in [-0.2, 0) is 9.31 Å². The number of hydrogen-bond donors (Lipinski definition) is 0. The van der Waals surface area contributed by atoms with Gasteiger partial charge >= 0.3 is 7.12 Å². The highest BCUT2D eigenvalue weighted by molar-refractivity contribution is 7.98. The molecule has 1 aliphatic rings. The van der Waals surface area contributed by atoms with Gasteiger partial charge < -0.3 is 9.31 Å². The van der Waals surface area contributed by atoms with E-state index in [0.29, 0.717) is 5.56 Å². The summed E-state index contributed by atoms with van der Waals surface area (Å²) in [6, 6.07) is 7.99. The van der Waals surface area contributed by atoms with E-state index in [4.69, 9.17) is 9.31 Å². The van der Waals surface area contributed by atoms with Crippen molar-refractivity contribution in [3.05, 3.63) is 23.8 Å². The minimum absolute atomic E-state index is 0.358. The van der Waals surface area contributed by atoms with Gasteiger partial charge in [0.2, 0.25) is 0 Å². The standard InChI is InChI=1S/C14H18BNO2S/c1-13(2)14(3,4)18-15(17-13)11-6-7-12(19-5)10(8-11)9-16/h6-8H,1-5H3. The van der Waals surface area contributed by atoms with Gasteiger partial charge in [-0.1, -0.05) is 6.07 Å². The lowest BCUT2D eigenvalue weighted by molar-refractivity contribution is 0.00578. The predicted molar refractivity (Wildman–Crippen MR) is 78.7 cm³/mol. The summed E-state index contributed by atoms with van der Waals surface area (Å²) in [4.78, 5) is 0.975. The quantitative estimate of drug-likeness (QED) is 0.614. The zero-order valence-corrected chi connectivity index (χ0v) is 12.8. The van der Waals surface area contributed by atoms with Crippen LogP contribution in [0.25, 0.3) is 0 Å². The second kappa shape index (κ2) is 4.86. The highest BCUT2D eigenvalue weighted by Gasteiger charge is 2.51. The van der Waals surface area contributed by atoms with E-state index in [9.17, 15) is 5.26 Å². The molecule has 1 fully saturated rings. The van der Waals surface area contributed by atoms with Gasteiger partial charge in [-0.2, -0.15) is 5.26 Å². The normalized spacial score (nSPS) is 20.3. The van der Waals surface area contributed by atoms with Crippen molar-refractivity contribution in [1.82, 2.24) is 0 Å². The average Bonchev–Trinajstić information content (AvgIpc) is 2.57. The molecule has 0 spiro atoms.